The number of piperidine rings is 1. The molecule has 2 saturated heterocycles. The predicted octanol–water partition coefficient (Wildman–Crippen LogP) is 3.24. The number of hydrogen-bond donors (Lipinski definition) is 0. The van der Waals surface area contributed by atoms with E-state index in [0.29, 0.717) is 0 Å². The third-order valence-electron chi connectivity index (χ3n) is 6.13. The average molecular weight is 345 g/mol. The minimum Gasteiger partial charge on any atom is -0.372 e. The van der Waals surface area contributed by atoms with E-state index < -0.39 is 0 Å². The molecule has 1 aromatic rings. The molecular weight excluding hydrogens is 312 g/mol. The highest BCUT2D eigenvalue weighted by atomic mass is 16.5. The van der Waals surface area contributed by atoms with Crippen LogP contribution in [-0.2, 0) is 11.3 Å². The lowest BCUT2D eigenvalue weighted by Gasteiger charge is -2.44. The SMILES string of the molecule is C[C@@H]1CN(c2nccc(CN3CCC[C@@H]4CCCC[C@@H]43)n2)C[C@H](C)O1. The number of ether oxygens (including phenoxy) is 1. The Hall–Kier alpha value is -1.20. The highest BCUT2D eigenvalue weighted by Gasteiger charge is 2.33. The van der Waals surface area contributed by atoms with Crippen LogP contribution < -0.4 is 4.90 Å². The molecule has 3 fully saturated rings. The molecule has 0 amide bonds. The number of hydrogen-bond acceptors (Lipinski definition) is 5. The van der Waals surface area contributed by atoms with Gasteiger partial charge >= 0.3 is 0 Å². The molecule has 5 heteroatoms. The fourth-order valence-corrected chi connectivity index (χ4v) is 5.10. The Morgan fingerprint density at radius 1 is 1.08 bits per heavy atom. The maximum absolute atomic E-state index is 5.84. The summed E-state index contributed by atoms with van der Waals surface area (Å²) in [7, 11) is 0. The number of likely N-dealkylation sites (tertiary alicyclic amines) is 1. The Balaban J connectivity index is 1.46. The maximum Gasteiger partial charge on any atom is 0.225 e. The van der Waals surface area contributed by atoms with Crippen molar-refractivity contribution in [1.29, 1.82) is 0 Å². The van der Waals surface area contributed by atoms with Crippen LogP contribution in [0.2, 0.25) is 0 Å². The highest BCUT2D eigenvalue weighted by Crippen LogP contribution is 2.35. The second kappa shape index (κ2) is 7.58. The molecule has 1 saturated carbocycles. The normalized spacial score (nSPS) is 33.9. The zero-order valence-corrected chi connectivity index (χ0v) is 15.7. The predicted molar refractivity (Wildman–Crippen MR) is 99.6 cm³/mol. The van der Waals surface area contributed by atoms with E-state index in [1.807, 2.05) is 6.20 Å². The van der Waals surface area contributed by atoms with Gasteiger partial charge in [0.2, 0.25) is 5.95 Å². The van der Waals surface area contributed by atoms with E-state index in [-0.39, 0.29) is 12.2 Å². The van der Waals surface area contributed by atoms with Crippen molar-refractivity contribution < 1.29 is 4.74 Å². The maximum atomic E-state index is 5.84. The minimum atomic E-state index is 0.237. The van der Waals surface area contributed by atoms with Gasteiger partial charge in [-0.2, -0.15) is 0 Å². The first-order valence-electron chi connectivity index (χ1n) is 10.2. The molecule has 4 atom stereocenters. The van der Waals surface area contributed by atoms with E-state index in [2.05, 4.69) is 34.7 Å². The summed E-state index contributed by atoms with van der Waals surface area (Å²) < 4.78 is 5.84. The lowest BCUT2D eigenvalue weighted by Crippen LogP contribution is -2.47. The Labute approximate surface area is 151 Å². The molecule has 138 valence electrons. The monoisotopic (exact) mass is 344 g/mol. The molecule has 0 radical (unpaired) electrons. The van der Waals surface area contributed by atoms with Gasteiger partial charge in [-0.15, -0.1) is 0 Å². The number of rotatable bonds is 3. The summed E-state index contributed by atoms with van der Waals surface area (Å²) in [4.78, 5) is 14.4. The van der Waals surface area contributed by atoms with Crippen molar-refractivity contribution >= 4 is 5.95 Å². The summed E-state index contributed by atoms with van der Waals surface area (Å²) in [5.41, 5.74) is 1.17. The van der Waals surface area contributed by atoms with Crippen LogP contribution >= 0.6 is 0 Å². The molecule has 0 spiro atoms. The van der Waals surface area contributed by atoms with Gasteiger partial charge in [-0.3, -0.25) is 4.90 Å². The smallest absolute Gasteiger partial charge is 0.225 e. The van der Waals surface area contributed by atoms with Crippen LogP contribution in [0.4, 0.5) is 5.95 Å². The molecule has 25 heavy (non-hydrogen) atoms. The van der Waals surface area contributed by atoms with E-state index in [1.54, 1.807) is 0 Å². The Morgan fingerprint density at radius 3 is 2.68 bits per heavy atom. The number of anilines is 1. The molecule has 3 aliphatic rings. The quantitative estimate of drug-likeness (QED) is 0.842. The van der Waals surface area contributed by atoms with E-state index in [1.165, 1.54) is 50.8 Å². The third-order valence-corrected chi connectivity index (χ3v) is 6.13. The van der Waals surface area contributed by atoms with Crippen molar-refractivity contribution in [2.24, 2.45) is 5.92 Å². The largest absolute Gasteiger partial charge is 0.372 e. The molecule has 4 rings (SSSR count). The van der Waals surface area contributed by atoms with Crippen LogP contribution in [0.3, 0.4) is 0 Å². The number of nitrogens with zero attached hydrogens (tertiary/aromatic N) is 4. The van der Waals surface area contributed by atoms with Crippen molar-refractivity contribution in [1.82, 2.24) is 14.9 Å². The van der Waals surface area contributed by atoms with Crippen LogP contribution in [0.1, 0.15) is 58.1 Å². The molecule has 0 bridgehead atoms. The number of aromatic nitrogens is 2. The summed E-state index contributed by atoms with van der Waals surface area (Å²) in [5.74, 6) is 1.79. The molecule has 0 N–H and O–H groups in total. The van der Waals surface area contributed by atoms with Gasteiger partial charge in [0.05, 0.1) is 17.9 Å². The topological polar surface area (TPSA) is 41.5 Å². The highest BCUT2D eigenvalue weighted by molar-refractivity contribution is 5.31. The van der Waals surface area contributed by atoms with Gasteiger partial charge in [0.1, 0.15) is 0 Å². The molecule has 0 unspecified atom stereocenters. The number of morpholine rings is 1. The Kier molecular flexibility index (Phi) is 5.23. The summed E-state index contributed by atoms with van der Waals surface area (Å²) in [6.07, 6.45) is 10.8. The van der Waals surface area contributed by atoms with Crippen molar-refractivity contribution in [2.75, 3.05) is 24.5 Å². The molecule has 0 aromatic carbocycles. The number of fused-ring (bicyclic) bond motifs is 1. The first-order chi connectivity index (χ1) is 12.2. The zero-order valence-electron chi connectivity index (χ0n) is 15.7. The lowest BCUT2D eigenvalue weighted by atomic mass is 9.78. The van der Waals surface area contributed by atoms with Crippen LogP contribution in [0.25, 0.3) is 0 Å². The summed E-state index contributed by atoms with van der Waals surface area (Å²) in [6.45, 7) is 8.22. The van der Waals surface area contributed by atoms with Gasteiger partial charge in [-0.05, 0) is 58.1 Å². The van der Waals surface area contributed by atoms with E-state index in [0.717, 1.165) is 37.5 Å². The molecule has 1 aromatic heterocycles. The molecule has 3 heterocycles. The standard InChI is InChI=1S/C20H32N4O/c1-15-12-24(13-16(2)25-15)20-21-10-9-18(22-20)14-23-11-5-7-17-6-3-4-8-19(17)23/h9-10,15-17,19H,3-8,11-14H2,1-2H3/t15-,16+,17-,19-/m0/s1. The Bertz CT molecular complexity index is 569. The van der Waals surface area contributed by atoms with Gasteiger partial charge < -0.3 is 9.64 Å². The van der Waals surface area contributed by atoms with Crippen LogP contribution in [0, 0.1) is 5.92 Å². The van der Waals surface area contributed by atoms with E-state index in [4.69, 9.17) is 9.72 Å². The summed E-state index contributed by atoms with van der Waals surface area (Å²) >= 11 is 0. The first-order valence-corrected chi connectivity index (χ1v) is 10.2. The fourth-order valence-electron chi connectivity index (χ4n) is 5.10. The Morgan fingerprint density at radius 2 is 1.84 bits per heavy atom. The van der Waals surface area contributed by atoms with Crippen molar-refractivity contribution in [3.05, 3.63) is 18.0 Å². The van der Waals surface area contributed by atoms with Crippen LogP contribution in [-0.4, -0.2) is 52.8 Å². The van der Waals surface area contributed by atoms with Crippen LogP contribution in [0.5, 0.6) is 0 Å². The minimum absolute atomic E-state index is 0.237. The first kappa shape index (κ1) is 17.2. The summed E-state index contributed by atoms with van der Waals surface area (Å²) in [5, 5.41) is 0. The van der Waals surface area contributed by atoms with Crippen molar-refractivity contribution in [3.63, 3.8) is 0 Å². The fraction of sp³-hybridized carbons (Fsp3) is 0.800. The van der Waals surface area contributed by atoms with Gasteiger partial charge in [0.15, 0.2) is 0 Å². The van der Waals surface area contributed by atoms with Gasteiger partial charge in [0.25, 0.3) is 0 Å². The summed E-state index contributed by atoms with van der Waals surface area (Å²) in [6, 6.07) is 2.88. The lowest BCUT2D eigenvalue weighted by molar-refractivity contribution is -0.00575. The average Bonchev–Trinajstić information content (AvgIpc) is 2.61. The van der Waals surface area contributed by atoms with Gasteiger partial charge in [-0.25, -0.2) is 9.97 Å². The molecule has 1 aliphatic carbocycles. The second-order valence-electron chi connectivity index (χ2n) is 8.23. The van der Waals surface area contributed by atoms with Crippen LogP contribution in [0.15, 0.2) is 12.3 Å². The third kappa shape index (κ3) is 3.98. The molecule has 2 aliphatic heterocycles. The molecular formula is C20H32N4O. The van der Waals surface area contributed by atoms with Crippen molar-refractivity contribution in [2.45, 2.75) is 77.2 Å². The van der Waals surface area contributed by atoms with Crippen molar-refractivity contribution in [3.8, 4) is 0 Å². The van der Waals surface area contributed by atoms with E-state index in [9.17, 15) is 0 Å². The van der Waals surface area contributed by atoms with Gasteiger partial charge in [-0.1, -0.05) is 12.8 Å². The second-order valence-corrected chi connectivity index (χ2v) is 8.23. The van der Waals surface area contributed by atoms with E-state index >= 15 is 0 Å². The molecule has 5 nitrogen and oxygen atoms in total. The zero-order chi connectivity index (χ0) is 17.2. The van der Waals surface area contributed by atoms with Gasteiger partial charge in [0, 0.05) is 31.9 Å².